The molecule has 0 bridgehead atoms. The van der Waals surface area contributed by atoms with E-state index >= 15 is 0 Å². The molecule has 42 heavy (non-hydrogen) atoms. The van der Waals surface area contributed by atoms with Crippen molar-refractivity contribution in [2.45, 2.75) is 31.8 Å². The Hall–Kier alpha value is -4.48. The van der Waals surface area contributed by atoms with Crippen LogP contribution in [0.1, 0.15) is 60.6 Å². The zero-order chi connectivity index (χ0) is 29.2. The third-order valence-electron chi connectivity index (χ3n) is 8.91. The fraction of sp³-hybridized carbons (Fsp3) is 0.194. The fourth-order valence-electron chi connectivity index (χ4n) is 7.25. The van der Waals surface area contributed by atoms with Crippen LogP contribution < -0.4 is 9.64 Å². The van der Waals surface area contributed by atoms with Crippen molar-refractivity contribution in [3.8, 4) is 5.75 Å². The summed E-state index contributed by atoms with van der Waals surface area (Å²) < 4.78 is 6.10. The molecule has 3 atom stereocenters. The molecule has 1 fully saturated rings. The van der Waals surface area contributed by atoms with Crippen molar-refractivity contribution < 1.29 is 19.1 Å². The number of para-hydroxylation sites is 1. The first kappa shape index (κ1) is 26.4. The topological polar surface area (TPSA) is 63.7 Å². The van der Waals surface area contributed by atoms with E-state index in [0.717, 1.165) is 16.8 Å². The average molecular weight is 574 g/mol. The predicted octanol–water partition coefficient (Wildman–Crippen LogP) is 7.36. The van der Waals surface area contributed by atoms with Crippen molar-refractivity contribution in [1.82, 2.24) is 0 Å². The number of nitrogens with zero attached hydrogens (tertiary/aromatic N) is 1. The first-order chi connectivity index (χ1) is 20.4. The van der Waals surface area contributed by atoms with E-state index in [9.17, 15) is 14.4 Å². The third-order valence-corrected chi connectivity index (χ3v) is 9.16. The van der Waals surface area contributed by atoms with E-state index < -0.39 is 23.4 Å². The molecule has 1 spiro atoms. The molecule has 3 aliphatic rings. The zero-order valence-electron chi connectivity index (χ0n) is 23.2. The van der Waals surface area contributed by atoms with E-state index in [1.807, 2.05) is 67.3 Å². The Labute approximate surface area is 249 Å². The van der Waals surface area contributed by atoms with Crippen molar-refractivity contribution in [3.05, 3.63) is 135 Å². The quantitative estimate of drug-likeness (QED) is 0.184. The standard InChI is InChI=1S/C36H28ClNO4/c1-3-42-29-11-7-6-10-27(29)31-32(33(39)22-13-16-24(37)17-14-22)38-28-18-12-21(2)20-23(28)15-19-30(38)36(31)34(40)25-8-4-5-9-26(25)35(36)41/h4-20,30-32H,3H2,1-2H3/t30-,31-,32+/m1/s1. The number of halogens is 1. The number of ether oxygens (including phenoxy) is 1. The number of carbonyl (C=O) groups is 3. The largest absolute Gasteiger partial charge is 0.494 e. The Bertz CT molecular complexity index is 1770. The van der Waals surface area contributed by atoms with Gasteiger partial charge in [0, 0.05) is 38.9 Å². The lowest BCUT2D eigenvalue weighted by Crippen LogP contribution is -2.48. The van der Waals surface area contributed by atoms with E-state index in [4.69, 9.17) is 16.3 Å². The summed E-state index contributed by atoms with van der Waals surface area (Å²) in [5, 5.41) is 0.517. The fourth-order valence-corrected chi connectivity index (χ4v) is 7.37. The Morgan fingerprint density at radius 1 is 0.905 bits per heavy atom. The molecule has 6 heteroatoms. The minimum absolute atomic E-state index is 0.191. The molecule has 5 nitrogen and oxygen atoms in total. The number of ketones is 3. The van der Waals surface area contributed by atoms with Crippen molar-refractivity contribution in [2.75, 3.05) is 11.5 Å². The molecule has 0 aromatic heterocycles. The van der Waals surface area contributed by atoms with Gasteiger partial charge in [-0.25, -0.2) is 0 Å². The first-order valence-corrected chi connectivity index (χ1v) is 14.5. The molecule has 1 aliphatic carbocycles. The van der Waals surface area contributed by atoms with Crippen molar-refractivity contribution in [2.24, 2.45) is 5.41 Å². The van der Waals surface area contributed by atoms with Gasteiger partial charge in [-0.05, 0) is 61.9 Å². The molecule has 208 valence electrons. The Morgan fingerprint density at radius 3 is 2.26 bits per heavy atom. The number of fused-ring (bicyclic) bond motifs is 5. The summed E-state index contributed by atoms with van der Waals surface area (Å²) in [5.41, 5.74) is 3.15. The van der Waals surface area contributed by atoms with Gasteiger partial charge in [-0.2, -0.15) is 0 Å². The smallest absolute Gasteiger partial charge is 0.185 e. The molecule has 2 aliphatic heterocycles. The van der Waals surface area contributed by atoms with Gasteiger partial charge in [0.15, 0.2) is 17.3 Å². The molecule has 4 aromatic rings. The van der Waals surface area contributed by atoms with Gasteiger partial charge in [-0.15, -0.1) is 0 Å². The Balaban J connectivity index is 1.56. The van der Waals surface area contributed by atoms with Crippen LogP contribution in [0.5, 0.6) is 5.75 Å². The molecular weight excluding hydrogens is 546 g/mol. The summed E-state index contributed by atoms with van der Waals surface area (Å²) in [6.07, 6.45) is 3.92. The van der Waals surface area contributed by atoms with Crippen LogP contribution in [0, 0.1) is 12.3 Å². The summed E-state index contributed by atoms with van der Waals surface area (Å²) >= 11 is 6.20. The third kappa shape index (κ3) is 3.59. The maximum absolute atomic E-state index is 14.8. The van der Waals surface area contributed by atoms with Crippen LogP contribution in [-0.2, 0) is 0 Å². The highest BCUT2D eigenvalue weighted by Crippen LogP contribution is 2.62. The summed E-state index contributed by atoms with van der Waals surface area (Å²) in [6, 6.07) is 25.7. The van der Waals surface area contributed by atoms with Crippen LogP contribution in [0.15, 0.2) is 97.1 Å². The lowest BCUT2D eigenvalue weighted by molar-refractivity contribution is 0.0664. The highest BCUT2D eigenvalue weighted by molar-refractivity contribution is 6.32. The molecule has 0 amide bonds. The van der Waals surface area contributed by atoms with E-state index in [-0.39, 0.29) is 17.3 Å². The second-order valence-electron chi connectivity index (χ2n) is 11.1. The van der Waals surface area contributed by atoms with Crippen LogP contribution in [0.25, 0.3) is 6.08 Å². The zero-order valence-corrected chi connectivity index (χ0v) is 24.0. The number of benzene rings is 4. The van der Waals surface area contributed by atoms with Crippen molar-refractivity contribution in [1.29, 1.82) is 0 Å². The number of hydrogen-bond donors (Lipinski definition) is 0. The van der Waals surface area contributed by atoms with Crippen LogP contribution in [-0.4, -0.2) is 36.0 Å². The number of Topliss-reactive ketones (excluding diaryl/α,β-unsaturated/α-hetero) is 3. The highest BCUT2D eigenvalue weighted by atomic mass is 35.5. The number of hydrogen-bond acceptors (Lipinski definition) is 5. The lowest BCUT2D eigenvalue weighted by Gasteiger charge is -2.37. The molecule has 0 N–H and O–H groups in total. The van der Waals surface area contributed by atoms with E-state index in [1.165, 1.54) is 0 Å². The lowest BCUT2D eigenvalue weighted by atomic mass is 9.64. The summed E-state index contributed by atoms with van der Waals surface area (Å²) in [7, 11) is 0. The van der Waals surface area contributed by atoms with Crippen LogP contribution in [0.3, 0.4) is 0 Å². The Kier molecular flexibility index (Phi) is 6.17. The van der Waals surface area contributed by atoms with Crippen LogP contribution >= 0.6 is 11.6 Å². The van der Waals surface area contributed by atoms with Gasteiger partial charge >= 0.3 is 0 Å². The Morgan fingerprint density at radius 2 is 1.57 bits per heavy atom. The number of rotatable bonds is 5. The highest BCUT2D eigenvalue weighted by Gasteiger charge is 2.71. The van der Waals surface area contributed by atoms with Gasteiger partial charge in [-0.3, -0.25) is 14.4 Å². The minimum Gasteiger partial charge on any atom is -0.494 e. The monoisotopic (exact) mass is 573 g/mol. The summed E-state index contributed by atoms with van der Waals surface area (Å²) in [4.78, 5) is 46.4. The van der Waals surface area contributed by atoms with Crippen LogP contribution in [0.2, 0.25) is 5.02 Å². The molecule has 0 saturated carbocycles. The SMILES string of the molecule is CCOc1ccccc1[C@@H]1[C@@H](C(=O)c2ccc(Cl)cc2)N2c3ccc(C)cc3C=C[C@@H]2C12C(=O)c1ccccc1C2=O. The molecule has 0 radical (unpaired) electrons. The van der Waals surface area contributed by atoms with Gasteiger partial charge in [-0.1, -0.05) is 77.8 Å². The molecule has 2 heterocycles. The summed E-state index contributed by atoms with van der Waals surface area (Å²) in [6.45, 7) is 4.30. The van der Waals surface area contributed by atoms with Gasteiger partial charge in [0.1, 0.15) is 17.2 Å². The van der Waals surface area contributed by atoms with Gasteiger partial charge in [0.2, 0.25) is 0 Å². The molecule has 1 saturated heterocycles. The first-order valence-electron chi connectivity index (χ1n) is 14.1. The summed E-state index contributed by atoms with van der Waals surface area (Å²) in [5.74, 6) is -0.995. The predicted molar refractivity (Wildman–Crippen MR) is 164 cm³/mol. The number of anilines is 1. The van der Waals surface area contributed by atoms with Gasteiger partial charge in [0.05, 0.1) is 12.6 Å². The number of aryl methyl sites for hydroxylation is 1. The van der Waals surface area contributed by atoms with E-state index in [0.29, 0.717) is 39.6 Å². The maximum atomic E-state index is 14.8. The molecule has 0 unspecified atom stereocenters. The van der Waals surface area contributed by atoms with Gasteiger partial charge in [0.25, 0.3) is 0 Å². The van der Waals surface area contributed by atoms with Crippen LogP contribution in [0.4, 0.5) is 5.69 Å². The minimum atomic E-state index is -1.58. The number of carbonyl (C=O) groups excluding carboxylic acids is 3. The van der Waals surface area contributed by atoms with Crippen molar-refractivity contribution >= 4 is 40.7 Å². The molecule has 7 rings (SSSR count). The van der Waals surface area contributed by atoms with Crippen molar-refractivity contribution in [3.63, 3.8) is 0 Å². The molecular formula is C36H28ClNO4. The van der Waals surface area contributed by atoms with Gasteiger partial charge < -0.3 is 9.64 Å². The second-order valence-corrected chi connectivity index (χ2v) is 11.5. The maximum Gasteiger partial charge on any atom is 0.185 e. The molecule has 4 aromatic carbocycles. The average Bonchev–Trinajstić information content (AvgIpc) is 3.43. The normalized spacial score (nSPS) is 21.3. The van der Waals surface area contributed by atoms with E-state index in [1.54, 1.807) is 48.5 Å². The second kappa shape index (κ2) is 9.81. The van der Waals surface area contributed by atoms with E-state index in [2.05, 4.69) is 6.07 Å².